The van der Waals surface area contributed by atoms with Crippen LogP contribution in [0.3, 0.4) is 0 Å². The van der Waals surface area contributed by atoms with Crippen molar-refractivity contribution in [2.45, 2.75) is 31.2 Å². The van der Waals surface area contributed by atoms with E-state index in [1.807, 2.05) is 31.2 Å². The summed E-state index contributed by atoms with van der Waals surface area (Å²) in [7, 11) is -3.58. The van der Waals surface area contributed by atoms with E-state index in [1.54, 1.807) is 24.0 Å². The van der Waals surface area contributed by atoms with Crippen molar-refractivity contribution in [2.75, 3.05) is 11.4 Å². The zero-order chi connectivity index (χ0) is 17.3. The Hall–Kier alpha value is -2.18. The lowest BCUT2D eigenvalue weighted by atomic mass is 10.1. The average Bonchev–Trinajstić information content (AvgIpc) is 2.90. The predicted octanol–water partition coefficient (Wildman–Crippen LogP) is 2.58. The zero-order valence-corrected chi connectivity index (χ0v) is 14.5. The van der Waals surface area contributed by atoms with Gasteiger partial charge in [-0.05, 0) is 43.2 Å². The van der Waals surface area contributed by atoms with Crippen LogP contribution in [-0.4, -0.2) is 26.9 Å². The Morgan fingerprint density at radius 3 is 2.71 bits per heavy atom. The molecule has 0 radical (unpaired) electrons. The van der Waals surface area contributed by atoms with Gasteiger partial charge in [0.15, 0.2) is 0 Å². The van der Waals surface area contributed by atoms with E-state index < -0.39 is 10.0 Å². The van der Waals surface area contributed by atoms with Crippen LogP contribution in [0.5, 0.6) is 0 Å². The number of hydrogen-bond donors (Lipinski definition) is 1. The van der Waals surface area contributed by atoms with E-state index in [0.717, 1.165) is 17.7 Å². The molecular weight excluding hydrogens is 324 g/mol. The van der Waals surface area contributed by atoms with Crippen molar-refractivity contribution in [3.63, 3.8) is 0 Å². The number of nitrogens with one attached hydrogen (secondary N) is 1. The van der Waals surface area contributed by atoms with Crippen molar-refractivity contribution in [1.29, 1.82) is 0 Å². The molecule has 0 aromatic heterocycles. The van der Waals surface area contributed by atoms with Gasteiger partial charge in [0.1, 0.15) is 0 Å². The van der Waals surface area contributed by atoms with Crippen LogP contribution in [0.4, 0.5) is 5.69 Å². The summed E-state index contributed by atoms with van der Waals surface area (Å²) in [5.41, 5.74) is 2.40. The summed E-state index contributed by atoms with van der Waals surface area (Å²) < 4.78 is 26.8. The molecule has 1 atom stereocenters. The third kappa shape index (κ3) is 2.95. The van der Waals surface area contributed by atoms with Crippen molar-refractivity contribution >= 4 is 21.6 Å². The summed E-state index contributed by atoms with van der Waals surface area (Å²) >= 11 is 0. The number of carbonyl (C=O) groups is 1. The van der Waals surface area contributed by atoms with Gasteiger partial charge in [-0.3, -0.25) is 4.79 Å². The number of para-hydroxylation sites is 1. The van der Waals surface area contributed by atoms with Gasteiger partial charge in [-0.25, -0.2) is 13.1 Å². The standard InChI is InChI=1S/C18H20N2O3S/c1-3-19-24(22,23)16-9-6-8-15(12-16)18(21)20-13(2)11-14-7-4-5-10-17(14)20/h4-10,12-13,19H,3,11H2,1-2H3. The highest BCUT2D eigenvalue weighted by molar-refractivity contribution is 7.89. The number of amides is 1. The van der Waals surface area contributed by atoms with Crippen molar-refractivity contribution in [2.24, 2.45) is 0 Å². The van der Waals surface area contributed by atoms with Crippen LogP contribution in [0, 0.1) is 0 Å². The molecule has 1 aliphatic heterocycles. The minimum atomic E-state index is -3.58. The number of carbonyl (C=O) groups excluding carboxylic acids is 1. The summed E-state index contributed by atoms with van der Waals surface area (Å²) in [6, 6.07) is 14.0. The number of nitrogens with zero attached hydrogens (tertiary/aromatic N) is 1. The van der Waals surface area contributed by atoms with E-state index in [-0.39, 0.29) is 16.8 Å². The monoisotopic (exact) mass is 344 g/mol. The number of sulfonamides is 1. The molecule has 1 N–H and O–H groups in total. The van der Waals surface area contributed by atoms with Crippen molar-refractivity contribution in [3.05, 3.63) is 59.7 Å². The quantitative estimate of drug-likeness (QED) is 0.927. The summed E-state index contributed by atoms with van der Waals surface area (Å²) in [6.45, 7) is 4.02. The summed E-state index contributed by atoms with van der Waals surface area (Å²) in [6.07, 6.45) is 0.803. The fourth-order valence-corrected chi connectivity index (χ4v) is 4.17. The molecule has 0 fully saturated rings. The normalized spacial score (nSPS) is 16.9. The Bertz CT molecular complexity index is 877. The fraction of sp³-hybridized carbons (Fsp3) is 0.278. The van der Waals surface area contributed by atoms with E-state index >= 15 is 0 Å². The lowest BCUT2D eigenvalue weighted by Gasteiger charge is -2.23. The predicted molar refractivity (Wildman–Crippen MR) is 93.7 cm³/mol. The number of hydrogen-bond acceptors (Lipinski definition) is 3. The largest absolute Gasteiger partial charge is 0.305 e. The van der Waals surface area contributed by atoms with Crippen LogP contribution in [0.15, 0.2) is 53.4 Å². The highest BCUT2D eigenvalue weighted by Gasteiger charge is 2.31. The number of anilines is 1. The maximum atomic E-state index is 13.0. The molecule has 0 bridgehead atoms. The topological polar surface area (TPSA) is 66.5 Å². The molecule has 1 heterocycles. The minimum absolute atomic E-state index is 0.0453. The Kier molecular flexibility index (Phi) is 4.43. The highest BCUT2D eigenvalue weighted by atomic mass is 32.2. The third-order valence-corrected chi connectivity index (χ3v) is 5.69. The Balaban J connectivity index is 1.97. The van der Waals surface area contributed by atoms with Crippen LogP contribution in [-0.2, 0) is 16.4 Å². The smallest absolute Gasteiger partial charge is 0.258 e. The van der Waals surface area contributed by atoms with Gasteiger partial charge in [-0.2, -0.15) is 0 Å². The van der Waals surface area contributed by atoms with Gasteiger partial charge in [0.2, 0.25) is 10.0 Å². The van der Waals surface area contributed by atoms with Crippen molar-refractivity contribution < 1.29 is 13.2 Å². The number of benzene rings is 2. The molecule has 5 nitrogen and oxygen atoms in total. The summed E-state index contributed by atoms with van der Waals surface area (Å²) in [5.74, 6) is -0.180. The van der Waals surface area contributed by atoms with Gasteiger partial charge in [-0.1, -0.05) is 31.2 Å². The van der Waals surface area contributed by atoms with Gasteiger partial charge < -0.3 is 4.90 Å². The first-order valence-corrected chi connectivity index (χ1v) is 9.43. The van der Waals surface area contributed by atoms with Crippen LogP contribution in [0.2, 0.25) is 0 Å². The highest BCUT2D eigenvalue weighted by Crippen LogP contribution is 2.33. The maximum absolute atomic E-state index is 13.0. The zero-order valence-electron chi connectivity index (χ0n) is 13.7. The van der Waals surface area contributed by atoms with Gasteiger partial charge >= 0.3 is 0 Å². The first-order chi connectivity index (χ1) is 11.4. The lowest BCUT2D eigenvalue weighted by molar-refractivity contribution is 0.0981. The van der Waals surface area contributed by atoms with Crippen LogP contribution in [0.25, 0.3) is 0 Å². The summed E-state index contributed by atoms with van der Waals surface area (Å²) in [4.78, 5) is 14.8. The molecule has 1 amide bonds. The molecule has 3 rings (SSSR count). The van der Waals surface area contributed by atoms with Crippen molar-refractivity contribution in [1.82, 2.24) is 4.72 Å². The number of fused-ring (bicyclic) bond motifs is 1. The summed E-state index contributed by atoms with van der Waals surface area (Å²) in [5, 5.41) is 0. The number of rotatable bonds is 4. The van der Waals surface area contributed by atoms with Crippen LogP contribution < -0.4 is 9.62 Å². The van der Waals surface area contributed by atoms with Crippen LogP contribution >= 0.6 is 0 Å². The Morgan fingerprint density at radius 1 is 1.21 bits per heavy atom. The van der Waals surface area contributed by atoms with Crippen molar-refractivity contribution in [3.8, 4) is 0 Å². The Morgan fingerprint density at radius 2 is 1.96 bits per heavy atom. The second-order valence-electron chi connectivity index (χ2n) is 5.89. The SMILES string of the molecule is CCNS(=O)(=O)c1cccc(C(=O)N2c3ccccc3CC2C)c1. The molecule has 24 heavy (non-hydrogen) atoms. The van der Waals surface area contributed by atoms with E-state index in [2.05, 4.69) is 4.72 Å². The maximum Gasteiger partial charge on any atom is 0.258 e. The molecule has 0 saturated heterocycles. The van der Waals surface area contributed by atoms with E-state index in [9.17, 15) is 13.2 Å². The van der Waals surface area contributed by atoms with Gasteiger partial charge in [0, 0.05) is 23.8 Å². The van der Waals surface area contributed by atoms with Crippen LogP contribution in [0.1, 0.15) is 29.8 Å². The molecule has 2 aromatic rings. The second kappa shape index (κ2) is 6.37. The molecular formula is C18H20N2O3S. The average molecular weight is 344 g/mol. The lowest BCUT2D eigenvalue weighted by Crippen LogP contribution is -2.35. The van der Waals surface area contributed by atoms with E-state index in [0.29, 0.717) is 12.1 Å². The van der Waals surface area contributed by atoms with E-state index in [1.165, 1.54) is 12.1 Å². The molecule has 0 spiro atoms. The first kappa shape index (κ1) is 16.7. The fourth-order valence-electron chi connectivity index (χ4n) is 3.08. The molecule has 0 aliphatic carbocycles. The Labute approximate surface area is 142 Å². The second-order valence-corrected chi connectivity index (χ2v) is 7.65. The van der Waals surface area contributed by atoms with E-state index in [4.69, 9.17) is 0 Å². The third-order valence-electron chi connectivity index (χ3n) is 4.15. The van der Waals surface area contributed by atoms with Gasteiger partial charge in [0.05, 0.1) is 4.90 Å². The first-order valence-electron chi connectivity index (χ1n) is 7.95. The molecule has 2 aromatic carbocycles. The molecule has 6 heteroatoms. The molecule has 1 aliphatic rings. The van der Waals surface area contributed by atoms with Gasteiger partial charge in [-0.15, -0.1) is 0 Å². The minimum Gasteiger partial charge on any atom is -0.305 e. The molecule has 1 unspecified atom stereocenters. The van der Waals surface area contributed by atoms with Gasteiger partial charge in [0.25, 0.3) is 5.91 Å². The molecule has 0 saturated carbocycles. The molecule has 126 valence electrons.